The molecule has 108 valence electrons. The molecule has 0 radical (unpaired) electrons. The van der Waals surface area contributed by atoms with Crippen LogP contribution in [0.25, 0.3) is 0 Å². The Labute approximate surface area is 113 Å². The van der Waals surface area contributed by atoms with E-state index in [-0.39, 0.29) is 10.9 Å². The number of rotatable bonds is 6. The zero-order valence-corrected chi connectivity index (χ0v) is 12.4. The number of hydrazine groups is 1. The second-order valence-electron chi connectivity index (χ2n) is 4.79. The molecule has 2 N–H and O–H groups in total. The Morgan fingerprint density at radius 1 is 1.32 bits per heavy atom. The molecule has 0 bridgehead atoms. The van der Waals surface area contributed by atoms with Crippen molar-refractivity contribution in [3.8, 4) is 0 Å². The van der Waals surface area contributed by atoms with Crippen LogP contribution in [0.2, 0.25) is 0 Å². The first kappa shape index (κ1) is 16.0. The summed E-state index contributed by atoms with van der Waals surface area (Å²) >= 11 is 0. The fourth-order valence-corrected chi connectivity index (χ4v) is 2.69. The lowest BCUT2D eigenvalue weighted by Crippen LogP contribution is -2.36. The average Bonchev–Trinajstić information content (AvgIpc) is 2.25. The van der Waals surface area contributed by atoms with Gasteiger partial charge in [-0.3, -0.25) is 0 Å². The maximum atomic E-state index is 13.7. The fraction of sp³-hybridized carbons (Fsp3) is 0.500. The first-order valence-electron chi connectivity index (χ1n) is 5.94. The lowest BCUT2D eigenvalue weighted by Gasteiger charge is -2.14. The molecule has 0 amide bonds. The molecule has 0 spiro atoms. The number of halogens is 1. The molecule has 1 rings (SSSR count). The van der Waals surface area contributed by atoms with E-state index in [2.05, 4.69) is 10.1 Å². The van der Waals surface area contributed by atoms with Crippen molar-refractivity contribution in [1.82, 2.24) is 15.2 Å². The summed E-state index contributed by atoms with van der Waals surface area (Å²) in [6, 6.07) is 4.35. The van der Waals surface area contributed by atoms with Gasteiger partial charge in [0.2, 0.25) is 0 Å². The zero-order valence-electron chi connectivity index (χ0n) is 11.6. The Morgan fingerprint density at radius 2 is 1.95 bits per heavy atom. The molecule has 0 aliphatic carbocycles. The van der Waals surface area contributed by atoms with Crippen LogP contribution in [-0.2, 0) is 16.6 Å². The minimum Gasteiger partial charge on any atom is -0.310 e. The molecule has 0 fully saturated rings. The van der Waals surface area contributed by atoms with Crippen molar-refractivity contribution in [2.75, 3.05) is 14.1 Å². The van der Waals surface area contributed by atoms with E-state index in [4.69, 9.17) is 0 Å². The Morgan fingerprint density at radius 3 is 2.47 bits per heavy atom. The molecule has 5 nitrogen and oxygen atoms in total. The highest BCUT2D eigenvalue weighted by atomic mass is 32.2. The number of nitrogens with zero attached hydrogens (tertiary/aromatic N) is 1. The molecule has 0 heterocycles. The van der Waals surface area contributed by atoms with Gasteiger partial charge in [-0.2, -0.15) is 0 Å². The van der Waals surface area contributed by atoms with E-state index in [9.17, 15) is 12.8 Å². The molecule has 0 aliphatic heterocycles. The Kier molecular flexibility index (Phi) is 5.42. The summed E-state index contributed by atoms with van der Waals surface area (Å²) in [6.07, 6.45) is 0. The molecule has 19 heavy (non-hydrogen) atoms. The van der Waals surface area contributed by atoms with Crippen molar-refractivity contribution in [3.05, 3.63) is 29.6 Å². The van der Waals surface area contributed by atoms with Crippen LogP contribution in [-0.4, -0.2) is 33.6 Å². The topological polar surface area (TPSA) is 61.4 Å². The van der Waals surface area contributed by atoms with E-state index >= 15 is 0 Å². The Hall–Kier alpha value is -1.02. The average molecular weight is 289 g/mol. The summed E-state index contributed by atoms with van der Waals surface area (Å²) in [5.41, 5.74) is 0.717. The van der Waals surface area contributed by atoms with Gasteiger partial charge in [0.15, 0.2) is 0 Å². The highest BCUT2D eigenvalue weighted by molar-refractivity contribution is 7.89. The number of sulfonamides is 1. The smallest absolute Gasteiger partial charge is 0.256 e. The van der Waals surface area contributed by atoms with Gasteiger partial charge in [0, 0.05) is 26.7 Å². The third kappa shape index (κ3) is 4.87. The largest absolute Gasteiger partial charge is 0.310 e. The van der Waals surface area contributed by atoms with Gasteiger partial charge in [-0.15, -0.1) is 4.83 Å². The van der Waals surface area contributed by atoms with Gasteiger partial charge in [0.05, 0.1) is 0 Å². The van der Waals surface area contributed by atoms with E-state index in [1.54, 1.807) is 6.07 Å². The summed E-state index contributed by atoms with van der Waals surface area (Å²) in [5.74, 6) is -0.761. The molecule has 1 aromatic carbocycles. The SMILES string of the molecule is CC(C)NCc1ccc(F)c(S(=O)(=O)NN(C)C)c1. The van der Waals surface area contributed by atoms with Gasteiger partial charge < -0.3 is 5.32 Å². The first-order valence-corrected chi connectivity index (χ1v) is 7.42. The molecule has 1 aromatic rings. The zero-order chi connectivity index (χ0) is 14.6. The van der Waals surface area contributed by atoms with Crippen molar-refractivity contribution in [2.24, 2.45) is 0 Å². The Bertz CT molecular complexity index is 530. The summed E-state index contributed by atoms with van der Waals surface area (Å²) in [6.45, 7) is 4.45. The normalized spacial score (nSPS) is 12.4. The molecule has 7 heteroatoms. The lowest BCUT2D eigenvalue weighted by atomic mass is 10.2. The van der Waals surface area contributed by atoms with Crippen molar-refractivity contribution in [3.63, 3.8) is 0 Å². The van der Waals surface area contributed by atoms with Crippen molar-refractivity contribution in [1.29, 1.82) is 0 Å². The molecular formula is C12H20FN3O2S. The van der Waals surface area contributed by atoms with Crippen LogP contribution in [0.3, 0.4) is 0 Å². The predicted octanol–water partition coefficient (Wildman–Crippen LogP) is 1.08. The van der Waals surface area contributed by atoms with Crippen LogP contribution in [0, 0.1) is 5.82 Å². The molecule has 0 atom stereocenters. The minimum absolute atomic E-state index is 0.269. The van der Waals surface area contributed by atoms with Crippen LogP contribution < -0.4 is 10.1 Å². The minimum atomic E-state index is -3.88. The standard InChI is InChI=1S/C12H20FN3O2S/c1-9(2)14-8-10-5-6-11(13)12(7-10)19(17,18)15-16(3)4/h5-7,9,14-15H,8H2,1-4H3. The molecule has 0 aromatic heterocycles. The third-order valence-corrected chi connectivity index (χ3v) is 3.80. The van der Waals surface area contributed by atoms with Crippen LogP contribution >= 0.6 is 0 Å². The maximum absolute atomic E-state index is 13.7. The van der Waals surface area contributed by atoms with Crippen molar-refractivity contribution < 1.29 is 12.8 Å². The van der Waals surface area contributed by atoms with E-state index in [0.29, 0.717) is 12.1 Å². The van der Waals surface area contributed by atoms with Crippen LogP contribution in [0.5, 0.6) is 0 Å². The number of hydrogen-bond donors (Lipinski definition) is 2. The molecule has 0 saturated heterocycles. The van der Waals surface area contributed by atoms with Crippen molar-refractivity contribution in [2.45, 2.75) is 31.3 Å². The predicted molar refractivity (Wildman–Crippen MR) is 72.4 cm³/mol. The summed E-state index contributed by atoms with van der Waals surface area (Å²) in [7, 11) is -0.823. The van der Waals surface area contributed by atoms with E-state index in [1.165, 1.54) is 31.2 Å². The Balaban J connectivity index is 3.03. The van der Waals surface area contributed by atoms with Gasteiger partial charge in [0.25, 0.3) is 10.0 Å². The van der Waals surface area contributed by atoms with Gasteiger partial charge in [0.1, 0.15) is 10.7 Å². The van der Waals surface area contributed by atoms with E-state index in [1.807, 2.05) is 13.8 Å². The first-order chi connectivity index (χ1) is 8.72. The second kappa shape index (κ2) is 6.42. The molecule has 0 aliphatic rings. The van der Waals surface area contributed by atoms with Gasteiger partial charge >= 0.3 is 0 Å². The van der Waals surface area contributed by atoms with E-state index < -0.39 is 15.8 Å². The summed E-state index contributed by atoms with van der Waals surface area (Å²) < 4.78 is 37.5. The van der Waals surface area contributed by atoms with Gasteiger partial charge in [-0.05, 0) is 17.7 Å². The number of hydrogen-bond acceptors (Lipinski definition) is 4. The summed E-state index contributed by atoms with van der Waals surface area (Å²) in [5, 5.41) is 4.41. The number of nitrogens with one attached hydrogen (secondary N) is 2. The van der Waals surface area contributed by atoms with Crippen LogP contribution in [0.1, 0.15) is 19.4 Å². The highest BCUT2D eigenvalue weighted by Gasteiger charge is 2.20. The van der Waals surface area contributed by atoms with Crippen LogP contribution in [0.4, 0.5) is 4.39 Å². The lowest BCUT2D eigenvalue weighted by molar-refractivity contribution is 0.362. The second-order valence-corrected chi connectivity index (χ2v) is 6.42. The number of benzene rings is 1. The van der Waals surface area contributed by atoms with E-state index in [0.717, 1.165) is 0 Å². The summed E-state index contributed by atoms with van der Waals surface area (Å²) in [4.78, 5) is 1.87. The molecular weight excluding hydrogens is 269 g/mol. The molecule has 0 unspecified atom stereocenters. The van der Waals surface area contributed by atoms with Crippen LogP contribution in [0.15, 0.2) is 23.1 Å². The fourth-order valence-electron chi connectivity index (χ4n) is 1.48. The monoisotopic (exact) mass is 289 g/mol. The quantitative estimate of drug-likeness (QED) is 0.769. The van der Waals surface area contributed by atoms with Crippen molar-refractivity contribution >= 4 is 10.0 Å². The van der Waals surface area contributed by atoms with Gasteiger partial charge in [-0.25, -0.2) is 17.8 Å². The van der Waals surface area contributed by atoms with Gasteiger partial charge in [-0.1, -0.05) is 19.9 Å². The highest BCUT2D eigenvalue weighted by Crippen LogP contribution is 2.16. The maximum Gasteiger partial charge on any atom is 0.256 e. The molecule has 0 saturated carbocycles. The third-order valence-electron chi connectivity index (χ3n) is 2.30.